The van der Waals surface area contributed by atoms with Crippen LogP contribution >= 0.6 is 11.8 Å². The van der Waals surface area contributed by atoms with Crippen molar-refractivity contribution in [2.45, 2.75) is 30.8 Å². The molecule has 2 N–H and O–H groups in total. The standard InChI is InChI=1S/C22H22N2O3S/c1-14-4-2-5-15(10-14)11-20-22(26)24-18-12-16(7-8-19(18)28-20)21(25)23-13-17-6-3-9-27-17/h2,4-5,7-8,10-12,17H,3,6,9,13H2,1H3,(H,23,25)(H,24,26)/b20-11+/t17-/m1/s1. The number of ether oxygens (including phenoxy) is 1. The Morgan fingerprint density at radius 3 is 3.00 bits per heavy atom. The van der Waals surface area contributed by atoms with Gasteiger partial charge in [-0.1, -0.05) is 41.6 Å². The molecular formula is C22H22N2O3S. The van der Waals surface area contributed by atoms with Gasteiger partial charge in [0.05, 0.1) is 16.7 Å². The molecule has 2 aromatic rings. The van der Waals surface area contributed by atoms with E-state index in [0.29, 0.717) is 22.7 Å². The molecule has 2 aliphatic heterocycles. The van der Waals surface area contributed by atoms with Crippen molar-refractivity contribution in [3.05, 3.63) is 64.1 Å². The van der Waals surface area contributed by atoms with E-state index in [0.717, 1.165) is 35.5 Å². The first-order chi connectivity index (χ1) is 13.6. The van der Waals surface area contributed by atoms with Crippen LogP contribution in [0.15, 0.2) is 52.3 Å². The average Bonchev–Trinajstić information content (AvgIpc) is 3.20. The van der Waals surface area contributed by atoms with Crippen molar-refractivity contribution in [2.75, 3.05) is 18.5 Å². The van der Waals surface area contributed by atoms with Gasteiger partial charge in [-0.3, -0.25) is 9.59 Å². The van der Waals surface area contributed by atoms with Crippen molar-refractivity contribution in [2.24, 2.45) is 0 Å². The number of carbonyl (C=O) groups is 2. The Kier molecular flexibility index (Phi) is 5.50. The predicted octanol–water partition coefficient (Wildman–Crippen LogP) is 3.99. The van der Waals surface area contributed by atoms with Gasteiger partial charge in [-0.2, -0.15) is 0 Å². The van der Waals surface area contributed by atoms with Crippen molar-refractivity contribution in [1.82, 2.24) is 5.32 Å². The lowest BCUT2D eigenvalue weighted by Gasteiger charge is -2.19. The number of hydrogen-bond donors (Lipinski definition) is 2. The van der Waals surface area contributed by atoms with Crippen LogP contribution in [0.25, 0.3) is 6.08 Å². The molecule has 0 saturated carbocycles. The summed E-state index contributed by atoms with van der Waals surface area (Å²) in [6.45, 7) is 3.30. The number of carbonyl (C=O) groups excluding carboxylic acids is 2. The molecule has 1 saturated heterocycles. The maximum Gasteiger partial charge on any atom is 0.262 e. The van der Waals surface area contributed by atoms with Crippen LogP contribution in [0.4, 0.5) is 5.69 Å². The van der Waals surface area contributed by atoms with E-state index in [9.17, 15) is 9.59 Å². The third-order valence-corrected chi connectivity index (χ3v) is 5.89. The molecule has 6 heteroatoms. The van der Waals surface area contributed by atoms with Crippen molar-refractivity contribution in [1.29, 1.82) is 0 Å². The molecule has 0 aliphatic carbocycles. The molecule has 0 aromatic heterocycles. The molecule has 2 aliphatic rings. The number of anilines is 1. The number of fused-ring (bicyclic) bond motifs is 1. The topological polar surface area (TPSA) is 67.4 Å². The Bertz CT molecular complexity index is 949. The first kappa shape index (κ1) is 18.8. The Labute approximate surface area is 168 Å². The number of thioether (sulfide) groups is 1. The van der Waals surface area contributed by atoms with Crippen LogP contribution in [0.3, 0.4) is 0 Å². The van der Waals surface area contributed by atoms with Crippen molar-refractivity contribution < 1.29 is 14.3 Å². The van der Waals surface area contributed by atoms with Gasteiger partial charge in [-0.15, -0.1) is 0 Å². The molecule has 4 rings (SSSR count). The van der Waals surface area contributed by atoms with Crippen LogP contribution in [0.2, 0.25) is 0 Å². The number of amides is 2. The van der Waals surface area contributed by atoms with Crippen LogP contribution in [0.1, 0.15) is 34.3 Å². The highest BCUT2D eigenvalue weighted by Gasteiger charge is 2.23. The molecule has 0 spiro atoms. The molecule has 0 radical (unpaired) electrons. The summed E-state index contributed by atoms with van der Waals surface area (Å²) in [5.74, 6) is -0.311. The maximum absolute atomic E-state index is 12.5. The molecule has 2 aromatic carbocycles. The highest BCUT2D eigenvalue weighted by atomic mass is 32.2. The van der Waals surface area contributed by atoms with E-state index in [1.54, 1.807) is 12.1 Å². The van der Waals surface area contributed by atoms with Crippen LogP contribution in [0.5, 0.6) is 0 Å². The largest absolute Gasteiger partial charge is 0.376 e. The van der Waals surface area contributed by atoms with Gasteiger partial charge in [-0.25, -0.2) is 0 Å². The predicted molar refractivity (Wildman–Crippen MR) is 111 cm³/mol. The minimum absolute atomic E-state index is 0.103. The van der Waals surface area contributed by atoms with E-state index < -0.39 is 0 Å². The summed E-state index contributed by atoms with van der Waals surface area (Å²) in [7, 11) is 0. The zero-order chi connectivity index (χ0) is 19.5. The van der Waals surface area contributed by atoms with Crippen LogP contribution in [0, 0.1) is 6.92 Å². The second kappa shape index (κ2) is 8.20. The van der Waals surface area contributed by atoms with Crippen LogP contribution in [-0.2, 0) is 9.53 Å². The Morgan fingerprint density at radius 1 is 1.32 bits per heavy atom. The van der Waals surface area contributed by atoms with Gasteiger partial charge >= 0.3 is 0 Å². The van der Waals surface area contributed by atoms with Gasteiger partial charge in [0.2, 0.25) is 0 Å². The lowest BCUT2D eigenvalue weighted by Crippen LogP contribution is -2.31. The highest BCUT2D eigenvalue weighted by Crippen LogP contribution is 2.39. The van der Waals surface area contributed by atoms with Crippen molar-refractivity contribution in [3.63, 3.8) is 0 Å². The molecule has 5 nitrogen and oxygen atoms in total. The molecule has 1 fully saturated rings. The molecule has 0 unspecified atom stereocenters. The van der Waals surface area contributed by atoms with E-state index in [2.05, 4.69) is 10.6 Å². The van der Waals surface area contributed by atoms with Crippen molar-refractivity contribution >= 4 is 35.3 Å². The first-order valence-corrected chi connectivity index (χ1v) is 10.2. The zero-order valence-corrected chi connectivity index (χ0v) is 16.5. The third-order valence-electron chi connectivity index (χ3n) is 4.79. The summed E-state index contributed by atoms with van der Waals surface area (Å²) >= 11 is 1.42. The third kappa shape index (κ3) is 4.29. The smallest absolute Gasteiger partial charge is 0.262 e. The Hall–Kier alpha value is -2.57. The average molecular weight is 394 g/mol. The lowest BCUT2D eigenvalue weighted by atomic mass is 10.1. The Morgan fingerprint density at radius 2 is 2.21 bits per heavy atom. The molecule has 2 heterocycles. The summed E-state index contributed by atoms with van der Waals surface area (Å²) < 4.78 is 5.53. The van der Waals surface area contributed by atoms with E-state index in [4.69, 9.17) is 4.74 Å². The number of hydrogen-bond acceptors (Lipinski definition) is 4. The molecule has 144 valence electrons. The SMILES string of the molecule is Cc1cccc(/C=C2/Sc3ccc(C(=O)NC[C@H]4CCCO4)cc3NC2=O)c1. The van der Waals surface area contributed by atoms with Crippen molar-refractivity contribution in [3.8, 4) is 0 Å². The first-order valence-electron chi connectivity index (χ1n) is 9.40. The van der Waals surface area contributed by atoms with Crippen LogP contribution in [-0.4, -0.2) is 31.1 Å². The van der Waals surface area contributed by atoms with Gasteiger partial charge < -0.3 is 15.4 Å². The molecule has 0 bridgehead atoms. The van der Waals surface area contributed by atoms with Gasteiger partial charge in [0, 0.05) is 23.6 Å². The zero-order valence-electron chi connectivity index (χ0n) is 15.7. The fourth-order valence-electron chi connectivity index (χ4n) is 3.33. The minimum Gasteiger partial charge on any atom is -0.376 e. The maximum atomic E-state index is 12.5. The number of nitrogens with one attached hydrogen (secondary N) is 2. The van der Waals surface area contributed by atoms with E-state index >= 15 is 0 Å². The number of rotatable bonds is 4. The summed E-state index contributed by atoms with van der Waals surface area (Å²) in [6.07, 6.45) is 4.01. The van der Waals surface area contributed by atoms with E-state index in [-0.39, 0.29) is 17.9 Å². The molecule has 2 amide bonds. The van der Waals surface area contributed by atoms with Gasteiger partial charge in [0.15, 0.2) is 0 Å². The number of benzene rings is 2. The molecule has 1 atom stereocenters. The van der Waals surface area contributed by atoms with Gasteiger partial charge in [-0.05, 0) is 49.6 Å². The van der Waals surface area contributed by atoms with Gasteiger partial charge in [0.25, 0.3) is 11.8 Å². The van der Waals surface area contributed by atoms with Crippen LogP contribution < -0.4 is 10.6 Å². The number of aryl methyl sites for hydroxylation is 1. The quantitative estimate of drug-likeness (QED) is 0.770. The monoisotopic (exact) mass is 394 g/mol. The summed E-state index contributed by atoms with van der Waals surface area (Å²) in [5, 5.41) is 5.82. The summed E-state index contributed by atoms with van der Waals surface area (Å²) in [6, 6.07) is 13.4. The molecular weight excluding hydrogens is 372 g/mol. The second-order valence-corrected chi connectivity index (χ2v) is 8.12. The fourth-order valence-corrected chi connectivity index (χ4v) is 4.26. The Balaban J connectivity index is 1.48. The van der Waals surface area contributed by atoms with E-state index in [1.807, 2.05) is 43.3 Å². The highest BCUT2D eigenvalue weighted by molar-refractivity contribution is 8.04. The minimum atomic E-state index is -0.157. The van der Waals surface area contributed by atoms with Gasteiger partial charge in [0.1, 0.15) is 0 Å². The lowest BCUT2D eigenvalue weighted by molar-refractivity contribution is -0.112. The normalized spacial score (nSPS) is 20.0. The summed E-state index contributed by atoms with van der Waals surface area (Å²) in [5.41, 5.74) is 3.34. The second-order valence-electron chi connectivity index (χ2n) is 7.03. The summed E-state index contributed by atoms with van der Waals surface area (Å²) in [4.78, 5) is 26.5. The van der Waals surface area contributed by atoms with E-state index in [1.165, 1.54) is 11.8 Å². The fraction of sp³-hybridized carbons (Fsp3) is 0.273. The molecule has 28 heavy (non-hydrogen) atoms.